The van der Waals surface area contributed by atoms with Crippen LogP contribution in [0.1, 0.15) is 24.8 Å². The summed E-state index contributed by atoms with van der Waals surface area (Å²) in [5, 5.41) is 1.83. The number of hydrogen-bond acceptors (Lipinski definition) is 3. The fourth-order valence-electron chi connectivity index (χ4n) is 3.24. The molecule has 0 atom stereocenters. The van der Waals surface area contributed by atoms with Crippen LogP contribution in [0.3, 0.4) is 0 Å². The Hall–Kier alpha value is -1.57. The molecular weight excluding hydrogens is 374 g/mol. The van der Waals surface area contributed by atoms with Gasteiger partial charge >= 0.3 is 6.03 Å². The molecule has 0 unspecified atom stereocenters. The van der Waals surface area contributed by atoms with E-state index in [9.17, 15) is 13.2 Å². The van der Waals surface area contributed by atoms with Gasteiger partial charge < -0.3 is 9.80 Å². The highest BCUT2D eigenvalue weighted by Gasteiger charge is 2.29. The lowest BCUT2D eigenvalue weighted by Gasteiger charge is -2.37. The Morgan fingerprint density at radius 1 is 0.885 bits per heavy atom. The van der Waals surface area contributed by atoms with Crippen LogP contribution in [0.4, 0.5) is 4.79 Å². The molecule has 6 nitrogen and oxygen atoms in total. The van der Waals surface area contributed by atoms with Gasteiger partial charge in [-0.1, -0.05) is 23.7 Å². The second kappa shape index (κ2) is 8.41. The third-order valence-electron chi connectivity index (χ3n) is 4.80. The number of carbonyl (C=O) groups is 1. The van der Waals surface area contributed by atoms with Crippen molar-refractivity contribution in [2.75, 3.05) is 39.3 Å². The van der Waals surface area contributed by atoms with Crippen LogP contribution < -0.4 is 0 Å². The van der Waals surface area contributed by atoms with Crippen molar-refractivity contribution in [3.05, 3.63) is 40.3 Å². The number of amides is 2. The fraction of sp³-hybridized carbons (Fsp3) is 0.500. The van der Waals surface area contributed by atoms with Crippen molar-refractivity contribution in [2.45, 2.75) is 19.3 Å². The van der Waals surface area contributed by atoms with Crippen LogP contribution in [0.25, 0.3) is 6.08 Å². The summed E-state index contributed by atoms with van der Waals surface area (Å²) in [6.07, 6.45) is 4.85. The van der Waals surface area contributed by atoms with Crippen LogP contribution >= 0.6 is 11.6 Å². The third-order valence-corrected chi connectivity index (χ3v) is 6.62. The first-order chi connectivity index (χ1) is 12.5. The third kappa shape index (κ3) is 4.78. The number of sulfonamides is 1. The lowest BCUT2D eigenvalue weighted by Crippen LogP contribution is -2.54. The second-order valence-corrected chi connectivity index (χ2v) is 8.87. The van der Waals surface area contributed by atoms with Crippen molar-refractivity contribution in [1.82, 2.24) is 14.1 Å². The van der Waals surface area contributed by atoms with Crippen LogP contribution in [0, 0.1) is 0 Å². The molecule has 1 aromatic rings. The molecule has 2 aliphatic rings. The summed E-state index contributed by atoms with van der Waals surface area (Å²) in [5.74, 6) is 0. The van der Waals surface area contributed by atoms with Crippen LogP contribution in [0.5, 0.6) is 0 Å². The first kappa shape index (κ1) is 19.2. The number of piperazine rings is 1. The fourth-order valence-corrected chi connectivity index (χ4v) is 4.54. The zero-order chi connectivity index (χ0) is 18.6. The number of benzene rings is 1. The molecule has 2 saturated heterocycles. The minimum atomic E-state index is -3.50. The zero-order valence-corrected chi connectivity index (χ0v) is 16.3. The van der Waals surface area contributed by atoms with E-state index in [-0.39, 0.29) is 6.03 Å². The topological polar surface area (TPSA) is 60.9 Å². The van der Waals surface area contributed by atoms with Crippen LogP contribution in [-0.2, 0) is 10.0 Å². The summed E-state index contributed by atoms with van der Waals surface area (Å²) in [6, 6.07) is 7.02. The molecular formula is C18H24ClN3O3S. The molecule has 1 aromatic carbocycles. The van der Waals surface area contributed by atoms with E-state index >= 15 is 0 Å². The molecule has 0 N–H and O–H groups in total. The average molecular weight is 398 g/mol. The molecule has 8 heteroatoms. The average Bonchev–Trinajstić information content (AvgIpc) is 2.68. The number of piperidine rings is 1. The number of halogens is 1. The summed E-state index contributed by atoms with van der Waals surface area (Å²) in [5.41, 5.74) is 0.775. The molecule has 142 valence electrons. The molecule has 2 heterocycles. The molecule has 2 amide bonds. The molecule has 0 radical (unpaired) electrons. The van der Waals surface area contributed by atoms with Crippen molar-refractivity contribution in [3.63, 3.8) is 0 Å². The highest BCUT2D eigenvalue weighted by Crippen LogP contribution is 2.16. The molecule has 2 fully saturated rings. The van der Waals surface area contributed by atoms with E-state index in [1.54, 1.807) is 35.2 Å². The number of hydrogen-bond donors (Lipinski definition) is 0. The molecule has 0 aliphatic carbocycles. The SMILES string of the molecule is O=C(N1CCCCC1)N1CCN(S(=O)(=O)C=Cc2ccc(Cl)cc2)CC1. The van der Waals surface area contributed by atoms with Gasteiger partial charge in [0.05, 0.1) is 0 Å². The highest BCUT2D eigenvalue weighted by atomic mass is 35.5. The van der Waals surface area contributed by atoms with Crippen LogP contribution in [0.15, 0.2) is 29.7 Å². The first-order valence-corrected chi connectivity index (χ1v) is 10.8. The van der Waals surface area contributed by atoms with Crippen molar-refractivity contribution < 1.29 is 13.2 Å². The van der Waals surface area contributed by atoms with Crippen molar-refractivity contribution in [3.8, 4) is 0 Å². The molecule has 0 saturated carbocycles. The highest BCUT2D eigenvalue weighted by molar-refractivity contribution is 7.92. The van der Waals surface area contributed by atoms with Gasteiger partial charge in [0.25, 0.3) is 0 Å². The summed E-state index contributed by atoms with van der Waals surface area (Å²) in [6.45, 7) is 3.13. The predicted molar refractivity (Wildman–Crippen MR) is 103 cm³/mol. The number of likely N-dealkylation sites (tertiary alicyclic amines) is 1. The Balaban J connectivity index is 1.56. The van der Waals surface area contributed by atoms with E-state index < -0.39 is 10.0 Å². The molecule has 0 aromatic heterocycles. The van der Waals surface area contributed by atoms with E-state index in [4.69, 9.17) is 11.6 Å². The van der Waals surface area contributed by atoms with Crippen molar-refractivity contribution in [1.29, 1.82) is 0 Å². The predicted octanol–water partition coefficient (Wildman–Crippen LogP) is 2.86. The van der Waals surface area contributed by atoms with Crippen LogP contribution in [0.2, 0.25) is 5.02 Å². The van der Waals surface area contributed by atoms with Gasteiger partial charge in [0.15, 0.2) is 0 Å². The van der Waals surface area contributed by atoms with Gasteiger partial charge in [-0.25, -0.2) is 13.2 Å². The van der Waals surface area contributed by atoms with E-state index in [2.05, 4.69) is 0 Å². The zero-order valence-electron chi connectivity index (χ0n) is 14.7. The van der Waals surface area contributed by atoms with Gasteiger partial charge in [-0.05, 0) is 43.0 Å². The Bertz CT molecular complexity index is 750. The van der Waals surface area contributed by atoms with Gasteiger partial charge in [0.1, 0.15) is 0 Å². The van der Waals surface area contributed by atoms with Gasteiger partial charge in [0.2, 0.25) is 10.0 Å². The van der Waals surface area contributed by atoms with E-state index in [0.717, 1.165) is 31.5 Å². The van der Waals surface area contributed by atoms with Crippen molar-refractivity contribution in [2.24, 2.45) is 0 Å². The Morgan fingerprint density at radius 3 is 2.08 bits per heavy atom. The molecule has 3 rings (SSSR count). The van der Waals surface area contributed by atoms with Gasteiger partial charge in [-0.15, -0.1) is 0 Å². The maximum Gasteiger partial charge on any atom is 0.320 e. The van der Waals surface area contributed by atoms with E-state index in [1.165, 1.54) is 16.1 Å². The molecule has 0 spiro atoms. The number of urea groups is 1. The molecule has 26 heavy (non-hydrogen) atoms. The number of nitrogens with zero attached hydrogens (tertiary/aromatic N) is 3. The number of carbonyl (C=O) groups excluding carboxylic acids is 1. The Kier molecular flexibility index (Phi) is 6.21. The molecule has 0 bridgehead atoms. The number of rotatable bonds is 3. The van der Waals surface area contributed by atoms with Gasteiger partial charge in [0, 0.05) is 49.7 Å². The smallest absolute Gasteiger partial charge is 0.320 e. The lowest BCUT2D eigenvalue weighted by molar-refractivity contribution is 0.127. The summed E-state index contributed by atoms with van der Waals surface area (Å²) in [4.78, 5) is 16.2. The Morgan fingerprint density at radius 2 is 1.46 bits per heavy atom. The largest absolute Gasteiger partial charge is 0.325 e. The normalized spacial score (nSPS) is 19.9. The summed E-state index contributed by atoms with van der Waals surface area (Å²) in [7, 11) is -3.50. The minimum absolute atomic E-state index is 0.0402. The standard InChI is InChI=1S/C18H24ClN3O3S/c19-17-6-4-16(5-7-17)8-15-26(24,25)22-13-11-21(12-14-22)18(23)20-9-2-1-3-10-20/h4-8,15H,1-3,9-14H2. The van der Waals surface area contributed by atoms with Gasteiger partial charge in [-0.2, -0.15) is 4.31 Å². The van der Waals surface area contributed by atoms with E-state index in [1.807, 2.05) is 4.90 Å². The monoisotopic (exact) mass is 397 g/mol. The first-order valence-electron chi connectivity index (χ1n) is 8.93. The minimum Gasteiger partial charge on any atom is -0.325 e. The summed E-state index contributed by atoms with van der Waals surface area (Å²) >= 11 is 5.83. The van der Waals surface area contributed by atoms with Crippen LogP contribution in [-0.4, -0.2) is 67.8 Å². The molecule has 2 aliphatic heterocycles. The van der Waals surface area contributed by atoms with Crippen molar-refractivity contribution >= 4 is 33.7 Å². The van der Waals surface area contributed by atoms with E-state index in [0.29, 0.717) is 31.2 Å². The second-order valence-electron chi connectivity index (χ2n) is 6.62. The quantitative estimate of drug-likeness (QED) is 0.787. The Labute approximate surface area is 160 Å². The summed E-state index contributed by atoms with van der Waals surface area (Å²) < 4.78 is 26.4. The maximum absolute atomic E-state index is 12.5. The lowest BCUT2D eigenvalue weighted by atomic mass is 10.1. The van der Waals surface area contributed by atoms with Gasteiger partial charge in [-0.3, -0.25) is 0 Å². The maximum atomic E-state index is 12.5.